The van der Waals surface area contributed by atoms with E-state index < -0.39 is 67.3 Å². The molecule has 0 spiro atoms. The predicted molar refractivity (Wildman–Crippen MR) is 147 cm³/mol. The first-order valence-electron chi connectivity index (χ1n) is 13.6. The summed E-state index contributed by atoms with van der Waals surface area (Å²) in [6.07, 6.45) is 1.46. The quantitative estimate of drug-likeness (QED) is 0.191. The van der Waals surface area contributed by atoms with E-state index >= 15 is 0 Å². The molecule has 0 heterocycles. The van der Waals surface area contributed by atoms with Gasteiger partial charge >= 0.3 is 17.9 Å². The fourth-order valence-electron chi connectivity index (χ4n) is 6.69. The second kappa shape index (κ2) is 10.2. The first-order chi connectivity index (χ1) is 16.1. The number of carbonyl (C=O) groups is 3. The van der Waals surface area contributed by atoms with Gasteiger partial charge in [-0.3, -0.25) is 9.59 Å². The van der Waals surface area contributed by atoms with Gasteiger partial charge in [0.15, 0.2) is 5.60 Å². The van der Waals surface area contributed by atoms with Crippen LogP contribution in [0, 0.1) is 43.8 Å². The van der Waals surface area contributed by atoms with Gasteiger partial charge in [-0.1, -0.05) is 123 Å². The summed E-state index contributed by atoms with van der Waals surface area (Å²) in [4.78, 5) is 40.7. The van der Waals surface area contributed by atoms with Crippen LogP contribution in [0.2, 0.25) is 0 Å². The molecular formula is C30H56O7. The van der Waals surface area contributed by atoms with E-state index in [1.165, 1.54) is 0 Å². The first-order valence-corrected chi connectivity index (χ1v) is 13.6. The molecule has 0 aliphatic carbocycles. The van der Waals surface area contributed by atoms with Gasteiger partial charge in [-0.2, -0.15) is 0 Å². The Hall–Kier alpha value is -1.63. The van der Waals surface area contributed by atoms with Crippen molar-refractivity contribution in [3.63, 3.8) is 0 Å². The highest BCUT2D eigenvalue weighted by atomic mass is 16.4. The minimum Gasteiger partial charge on any atom is -0.481 e. The molecule has 7 nitrogen and oxygen atoms in total. The molecule has 218 valence electrons. The number of aliphatic hydroxyl groups is 1. The van der Waals surface area contributed by atoms with Crippen LogP contribution >= 0.6 is 0 Å². The zero-order valence-corrected chi connectivity index (χ0v) is 26.2. The Morgan fingerprint density at radius 2 is 0.865 bits per heavy atom. The van der Waals surface area contributed by atoms with Gasteiger partial charge in [-0.15, -0.1) is 0 Å². The highest BCUT2D eigenvalue weighted by Gasteiger charge is 2.82. The van der Waals surface area contributed by atoms with Crippen LogP contribution in [0.1, 0.15) is 123 Å². The van der Waals surface area contributed by atoms with Crippen LogP contribution in [-0.4, -0.2) is 43.9 Å². The second-order valence-electron chi connectivity index (χ2n) is 14.6. The van der Waals surface area contributed by atoms with Crippen molar-refractivity contribution in [1.29, 1.82) is 0 Å². The van der Waals surface area contributed by atoms with Gasteiger partial charge in [0.25, 0.3) is 0 Å². The van der Waals surface area contributed by atoms with Crippen molar-refractivity contribution in [2.45, 2.75) is 129 Å². The molecule has 0 saturated heterocycles. The molecular weight excluding hydrogens is 472 g/mol. The molecule has 0 saturated carbocycles. The maximum atomic E-state index is 13.9. The van der Waals surface area contributed by atoms with Crippen molar-refractivity contribution in [2.75, 3.05) is 0 Å². The Kier molecular flexibility index (Phi) is 9.71. The summed E-state index contributed by atoms with van der Waals surface area (Å²) in [5, 5.41) is 45.9. The lowest BCUT2D eigenvalue weighted by molar-refractivity contribution is -0.286. The molecule has 0 bridgehead atoms. The van der Waals surface area contributed by atoms with E-state index in [9.17, 15) is 34.8 Å². The lowest BCUT2D eigenvalue weighted by Crippen LogP contribution is -2.79. The fraction of sp³-hybridized carbons (Fsp3) is 0.900. The van der Waals surface area contributed by atoms with Crippen molar-refractivity contribution in [3.8, 4) is 0 Å². The molecule has 0 amide bonds. The summed E-state index contributed by atoms with van der Waals surface area (Å²) in [6, 6.07) is 0. The average molecular weight is 529 g/mol. The fourth-order valence-corrected chi connectivity index (χ4v) is 6.69. The maximum Gasteiger partial charge on any atom is 0.337 e. The lowest BCUT2D eigenvalue weighted by atomic mass is 9.33. The number of hydrogen-bond acceptors (Lipinski definition) is 4. The van der Waals surface area contributed by atoms with Crippen molar-refractivity contribution in [2.24, 2.45) is 43.8 Å². The molecule has 7 heteroatoms. The van der Waals surface area contributed by atoms with E-state index in [1.807, 2.05) is 62.3 Å². The van der Waals surface area contributed by atoms with E-state index in [0.717, 1.165) is 0 Å². The summed E-state index contributed by atoms with van der Waals surface area (Å²) >= 11 is 0. The minimum atomic E-state index is -3.19. The molecule has 0 aliphatic rings. The standard InChI is InChI=1S/C30H56O7/c1-16-23(4,5)26(10,11)19(20(31)32)29(37,21(33)34)30(22(35)36,27(12,13)24(6,7)17-2)28(14,15)25(8,9)18-3/h19,37H,16-18H2,1-15H3,(H,31,32)(H,33,34)(H,35,36). The molecule has 2 atom stereocenters. The Morgan fingerprint density at radius 1 is 0.568 bits per heavy atom. The van der Waals surface area contributed by atoms with Crippen LogP contribution in [0.4, 0.5) is 0 Å². The van der Waals surface area contributed by atoms with Crippen LogP contribution in [0.5, 0.6) is 0 Å². The second-order valence-corrected chi connectivity index (χ2v) is 14.6. The van der Waals surface area contributed by atoms with Gasteiger partial charge in [-0.05, 0) is 32.5 Å². The van der Waals surface area contributed by atoms with Gasteiger partial charge in [0.2, 0.25) is 0 Å². The topological polar surface area (TPSA) is 132 Å². The summed E-state index contributed by atoms with van der Waals surface area (Å²) < 4.78 is 0. The van der Waals surface area contributed by atoms with Gasteiger partial charge < -0.3 is 20.4 Å². The Bertz CT molecular complexity index is 848. The smallest absolute Gasteiger partial charge is 0.337 e. The molecule has 4 N–H and O–H groups in total. The first kappa shape index (κ1) is 35.4. The van der Waals surface area contributed by atoms with Crippen LogP contribution in [0.15, 0.2) is 0 Å². The van der Waals surface area contributed by atoms with Crippen molar-refractivity contribution in [3.05, 3.63) is 0 Å². The Labute approximate surface area is 225 Å². The third kappa shape index (κ3) is 4.51. The summed E-state index contributed by atoms with van der Waals surface area (Å²) in [5.74, 6) is -6.81. The SMILES string of the molecule is CCC(C)(C)C(C)(C)C(C(=O)O)C(O)(C(=O)O)C(C(=O)O)(C(C)(C)C(C)(C)CC)C(C)(C)C(C)(C)CC. The van der Waals surface area contributed by atoms with E-state index in [0.29, 0.717) is 19.3 Å². The van der Waals surface area contributed by atoms with Crippen molar-refractivity contribution in [1.82, 2.24) is 0 Å². The zero-order chi connectivity index (χ0) is 30.4. The summed E-state index contributed by atoms with van der Waals surface area (Å²) in [5.41, 5.74) is -12.1. The third-order valence-corrected chi connectivity index (χ3v) is 12.3. The highest BCUT2D eigenvalue weighted by Crippen LogP contribution is 2.72. The molecule has 0 rings (SSSR count). The van der Waals surface area contributed by atoms with Gasteiger partial charge in [0.05, 0.1) is 0 Å². The zero-order valence-electron chi connectivity index (χ0n) is 26.2. The molecule has 0 radical (unpaired) electrons. The van der Waals surface area contributed by atoms with Crippen molar-refractivity contribution >= 4 is 17.9 Å². The molecule has 2 unspecified atom stereocenters. The Morgan fingerprint density at radius 3 is 1.05 bits per heavy atom. The highest BCUT2D eigenvalue weighted by molar-refractivity contribution is 5.95. The lowest BCUT2D eigenvalue weighted by Gasteiger charge is -2.68. The largest absolute Gasteiger partial charge is 0.481 e. The summed E-state index contributed by atoms with van der Waals surface area (Å²) in [6.45, 7) is 26.8. The predicted octanol–water partition coefficient (Wildman–Crippen LogP) is 6.96. The number of hydrogen-bond donors (Lipinski definition) is 4. The Balaban J connectivity index is 8.79. The molecule has 0 aromatic carbocycles. The molecule has 0 aromatic rings. The number of rotatable bonds is 14. The monoisotopic (exact) mass is 528 g/mol. The van der Waals surface area contributed by atoms with Gasteiger partial charge in [-0.25, -0.2) is 4.79 Å². The van der Waals surface area contributed by atoms with Crippen LogP contribution in [-0.2, 0) is 14.4 Å². The number of carboxylic acid groups (broad SMARTS) is 3. The van der Waals surface area contributed by atoms with Crippen LogP contribution < -0.4 is 0 Å². The molecule has 0 aromatic heterocycles. The van der Waals surface area contributed by atoms with Crippen molar-refractivity contribution < 1.29 is 34.8 Å². The molecule has 0 aliphatic heterocycles. The summed E-state index contributed by atoms with van der Waals surface area (Å²) in [7, 11) is 0. The van der Waals surface area contributed by atoms with Crippen LogP contribution in [0.3, 0.4) is 0 Å². The normalized spacial score (nSPS) is 17.2. The van der Waals surface area contributed by atoms with E-state index in [2.05, 4.69) is 0 Å². The number of aliphatic carboxylic acids is 3. The maximum absolute atomic E-state index is 13.9. The third-order valence-electron chi connectivity index (χ3n) is 12.3. The molecule has 37 heavy (non-hydrogen) atoms. The number of carboxylic acids is 3. The van der Waals surface area contributed by atoms with E-state index in [-0.39, 0.29) is 0 Å². The average Bonchev–Trinajstić information content (AvgIpc) is 2.72. The van der Waals surface area contributed by atoms with E-state index in [4.69, 9.17) is 0 Å². The van der Waals surface area contributed by atoms with E-state index in [1.54, 1.807) is 41.5 Å². The molecule has 0 fully saturated rings. The minimum absolute atomic E-state index is 0.481. The van der Waals surface area contributed by atoms with Crippen LogP contribution in [0.25, 0.3) is 0 Å². The van der Waals surface area contributed by atoms with Gasteiger partial charge in [0, 0.05) is 0 Å². The van der Waals surface area contributed by atoms with Gasteiger partial charge in [0.1, 0.15) is 11.3 Å².